The number of carbonyl (C=O) groups is 2. The minimum atomic E-state index is -0.592. The second-order valence-electron chi connectivity index (χ2n) is 2.87. The van der Waals surface area contributed by atoms with E-state index in [0.29, 0.717) is 11.3 Å². The van der Waals surface area contributed by atoms with Crippen LogP contribution in [0.3, 0.4) is 0 Å². The third-order valence-electron chi connectivity index (χ3n) is 2.04. The number of anilines is 1. The first-order chi connectivity index (χ1) is 6.70. The van der Waals surface area contributed by atoms with Crippen LogP contribution in [0, 0.1) is 6.07 Å². The van der Waals surface area contributed by atoms with Gasteiger partial charge in [0, 0.05) is 0 Å². The Hall–Kier alpha value is -2.04. The van der Waals surface area contributed by atoms with Crippen molar-refractivity contribution in [2.75, 3.05) is 11.6 Å². The van der Waals surface area contributed by atoms with Gasteiger partial charge < -0.3 is 11.1 Å². The highest BCUT2D eigenvalue weighted by atomic mass is 16.2. The minimum Gasteiger partial charge on any atom is -0.351 e. The van der Waals surface area contributed by atoms with Crippen molar-refractivity contribution in [1.29, 1.82) is 0 Å². The number of hydrogen-bond acceptors (Lipinski definition) is 2. The van der Waals surface area contributed by atoms with Crippen LogP contribution in [0.4, 0.5) is 10.5 Å². The van der Waals surface area contributed by atoms with E-state index >= 15 is 0 Å². The molecule has 0 saturated carbocycles. The summed E-state index contributed by atoms with van der Waals surface area (Å²) < 4.78 is 0. The Bertz CT molecular complexity index is 403. The normalized spacial score (nSPS) is 14.6. The summed E-state index contributed by atoms with van der Waals surface area (Å²) in [5, 5.41) is 2.54. The molecule has 1 aromatic rings. The van der Waals surface area contributed by atoms with E-state index in [9.17, 15) is 9.59 Å². The van der Waals surface area contributed by atoms with Gasteiger partial charge in [0.2, 0.25) is 0 Å². The van der Waals surface area contributed by atoms with Gasteiger partial charge in [-0.1, -0.05) is 6.07 Å². The van der Waals surface area contributed by atoms with E-state index < -0.39 is 6.03 Å². The van der Waals surface area contributed by atoms with Crippen LogP contribution in [-0.2, 0) is 0 Å². The van der Waals surface area contributed by atoms with E-state index in [1.807, 2.05) is 0 Å². The molecule has 0 unspecified atom stereocenters. The smallest absolute Gasteiger partial charge is 0.320 e. The first-order valence-corrected chi connectivity index (χ1v) is 4.05. The maximum absolute atomic E-state index is 11.3. The molecule has 1 radical (unpaired) electrons. The van der Waals surface area contributed by atoms with Crippen LogP contribution in [-0.4, -0.2) is 18.6 Å². The molecule has 0 atom stereocenters. The van der Waals surface area contributed by atoms with E-state index in [1.54, 1.807) is 18.2 Å². The lowest BCUT2D eigenvalue weighted by Gasteiger charge is -2.27. The fourth-order valence-corrected chi connectivity index (χ4v) is 1.36. The number of amides is 3. The van der Waals surface area contributed by atoms with Gasteiger partial charge in [0.25, 0.3) is 5.91 Å². The molecule has 5 heteroatoms. The Kier molecular flexibility index (Phi) is 1.85. The molecule has 0 saturated heterocycles. The summed E-state index contributed by atoms with van der Waals surface area (Å²) in [5.41, 5.74) is 6.09. The lowest BCUT2D eigenvalue weighted by molar-refractivity contribution is 0.0949. The van der Waals surface area contributed by atoms with E-state index in [1.165, 1.54) is 4.90 Å². The number of primary amides is 1. The highest BCUT2D eigenvalue weighted by Crippen LogP contribution is 2.22. The molecule has 1 heterocycles. The molecule has 0 aromatic heterocycles. The van der Waals surface area contributed by atoms with Crippen LogP contribution in [0.5, 0.6) is 0 Å². The average molecular weight is 190 g/mol. The Morgan fingerprint density at radius 1 is 1.64 bits per heavy atom. The summed E-state index contributed by atoms with van der Waals surface area (Å²) in [7, 11) is 0. The fraction of sp³-hybridized carbons (Fsp3) is 0.111. The fourth-order valence-electron chi connectivity index (χ4n) is 1.36. The summed E-state index contributed by atoms with van der Waals surface area (Å²) in [6.07, 6.45) is 0. The van der Waals surface area contributed by atoms with Crippen molar-refractivity contribution in [3.05, 3.63) is 29.8 Å². The molecule has 3 amide bonds. The largest absolute Gasteiger partial charge is 0.351 e. The van der Waals surface area contributed by atoms with E-state index in [4.69, 9.17) is 5.73 Å². The molecule has 1 aliphatic rings. The number of nitrogens with one attached hydrogen (secondary N) is 1. The van der Waals surface area contributed by atoms with Crippen LogP contribution in [0.2, 0.25) is 0 Å². The zero-order valence-corrected chi connectivity index (χ0v) is 7.28. The van der Waals surface area contributed by atoms with Gasteiger partial charge in [-0.05, 0) is 18.2 Å². The molecule has 14 heavy (non-hydrogen) atoms. The molecule has 0 fully saturated rings. The molecule has 3 N–H and O–H groups in total. The highest BCUT2D eigenvalue weighted by Gasteiger charge is 2.24. The molecule has 5 nitrogen and oxygen atoms in total. The van der Waals surface area contributed by atoms with Crippen molar-refractivity contribution >= 4 is 17.6 Å². The van der Waals surface area contributed by atoms with Crippen molar-refractivity contribution in [3.8, 4) is 0 Å². The van der Waals surface area contributed by atoms with Gasteiger partial charge in [0.15, 0.2) is 0 Å². The predicted molar refractivity (Wildman–Crippen MR) is 49.7 cm³/mol. The predicted octanol–water partition coefficient (Wildman–Crippen LogP) is 0.0728. The topological polar surface area (TPSA) is 75.4 Å². The Morgan fingerprint density at radius 3 is 3.14 bits per heavy atom. The molecule has 0 bridgehead atoms. The van der Waals surface area contributed by atoms with Crippen molar-refractivity contribution in [2.24, 2.45) is 5.73 Å². The summed E-state index contributed by atoms with van der Waals surface area (Å²) >= 11 is 0. The van der Waals surface area contributed by atoms with Crippen molar-refractivity contribution in [1.82, 2.24) is 5.32 Å². The maximum atomic E-state index is 11.3. The van der Waals surface area contributed by atoms with Gasteiger partial charge in [-0.2, -0.15) is 0 Å². The molecule has 0 aliphatic carbocycles. The number of nitrogens with zero attached hydrogens (tertiary/aromatic N) is 1. The lowest BCUT2D eigenvalue weighted by atomic mass is 10.1. The van der Waals surface area contributed by atoms with Crippen LogP contribution in [0.25, 0.3) is 0 Å². The van der Waals surface area contributed by atoms with Crippen molar-refractivity contribution < 1.29 is 9.59 Å². The zero-order chi connectivity index (χ0) is 10.1. The van der Waals surface area contributed by atoms with Crippen LogP contribution >= 0.6 is 0 Å². The van der Waals surface area contributed by atoms with Gasteiger partial charge in [-0.15, -0.1) is 0 Å². The molecule has 1 aliphatic heterocycles. The number of hydrogen-bond donors (Lipinski definition) is 2. The van der Waals surface area contributed by atoms with Crippen LogP contribution in [0.1, 0.15) is 10.4 Å². The van der Waals surface area contributed by atoms with Gasteiger partial charge in [-0.3, -0.25) is 9.69 Å². The molecular weight excluding hydrogens is 182 g/mol. The quantitative estimate of drug-likeness (QED) is 0.607. The Balaban J connectivity index is 2.52. The monoisotopic (exact) mass is 190 g/mol. The minimum absolute atomic E-state index is 0.110. The SMILES string of the molecule is NC(=O)N1CNC(=O)c2cc[c]cc21. The number of benzene rings is 1. The third-order valence-corrected chi connectivity index (χ3v) is 2.04. The third kappa shape index (κ3) is 1.19. The molecule has 71 valence electrons. The summed E-state index contributed by atoms with van der Waals surface area (Å²) in [4.78, 5) is 23.6. The zero-order valence-electron chi connectivity index (χ0n) is 7.28. The number of urea groups is 1. The summed E-state index contributed by atoms with van der Waals surface area (Å²) in [6.45, 7) is 0.110. The molecule has 0 spiro atoms. The average Bonchev–Trinajstić information content (AvgIpc) is 2.18. The number of carbonyl (C=O) groups excluding carboxylic acids is 2. The second-order valence-corrected chi connectivity index (χ2v) is 2.87. The summed E-state index contributed by atoms with van der Waals surface area (Å²) in [5.74, 6) is -0.202. The molecule has 1 aromatic carbocycles. The first-order valence-electron chi connectivity index (χ1n) is 4.05. The standard InChI is InChI=1S/C9H8N3O2/c10-9(14)12-5-11-8(13)6-3-1-2-4-7(6)12/h1,3-4H,5H2,(H2,10,14)(H,11,13). The van der Waals surface area contributed by atoms with Crippen molar-refractivity contribution in [3.63, 3.8) is 0 Å². The van der Waals surface area contributed by atoms with Gasteiger partial charge in [-0.25, -0.2) is 4.79 Å². The maximum Gasteiger partial charge on any atom is 0.320 e. The Morgan fingerprint density at radius 2 is 2.43 bits per heavy atom. The number of nitrogens with two attached hydrogens (primary N) is 1. The van der Waals surface area contributed by atoms with Gasteiger partial charge in [0.05, 0.1) is 17.9 Å². The summed E-state index contributed by atoms with van der Waals surface area (Å²) in [6, 6.07) is 6.98. The van der Waals surface area contributed by atoms with Crippen LogP contribution in [0.15, 0.2) is 18.2 Å². The molecule has 2 rings (SSSR count). The van der Waals surface area contributed by atoms with E-state index in [-0.39, 0.29) is 12.6 Å². The van der Waals surface area contributed by atoms with E-state index in [0.717, 1.165) is 0 Å². The highest BCUT2D eigenvalue weighted by molar-refractivity contribution is 6.06. The number of rotatable bonds is 0. The van der Waals surface area contributed by atoms with Gasteiger partial charge in [0.1, 0.15) is 0 Å². The Labute approximate surface area is 80.5 Å². The van der Waals surface area contributed by atoms with E-state index in [2.05, 4.69) is 11.4 Å². The number of fused-ring (bicyclic) bond motifs is 1. The second kappa shape index (κ2) is 3.02. The molecular formula is C9H8N3O2. The van der Waals surface area contributed by atoms with Gasteiger partial charge >= 0.3 is 6.03 Å². The van der Waals surface area contributed by atoms with Crippen LogP contribution < -0.4 is 16.0 Å². The first kappa shape index (κ1) is 8.55. The van der Waals surface area contributed by atoms with Crippen molar-refractivity contribution in [2.45, 2.75) is 0 Å². The lowest BCUT2D eigenvalue weighted by Crippen LogP contribution is -2.48.